The van der Waals surface area contributed by atoms with Crippen LogP contribution in [-0.4, -0.2) is 42.1 Å². The minimum Gasteiger partial charge on any atom is -0.497 e. The molecule has 6 heteroatoms. The molecule has 5 aliphatic rings. The van der Waals surface area contributed by atoms with Gasteiger partial charge in [-0.05, 0) is 68.4 Å². The zero-order valence-electron chi connectivity index (χ0n) is 17.6. The van der Waals surface area contributed by atoms with Gasteiger partial charge in [0.15, 0.2) is 0 Å². The second-order valence-electron chi connectivity index (χ2n) is 10.1. The molecule has 7 rings (SSSR count). The number of carbonyl (C=O) groups is 1. The number of fused-ring (bicyclic) bond motifs is 1. The van der Waals surface area contributed by atoms with Gasteiger partial charge in [-0.3, -0.25) is 4.79 Å². The van der Waals surface area contributed by atoms with Crippen LogP contribution < -0.4 is 9.47 Å². The maximum Gasteiger partial charge on any atom is 0.274 e. The summed E-state index contributed by atoms with van der Waals surface area (Å²) in [5.74, 6) is 3.74. The zero-order chi connectivity index (χ0) is 20.3. The molecular formula is C24H30N2O3S. The third-order valence-electron chi connectivity index (χ3n) is 8.06. The van der Waals surface area contributed by atoms with E-state index in [0.29, 0.717) is 5.91 Å². The van der Waals surface area contributed by atoms with Crippen molar-refractivity contribution in [2.24, 2.45) is 23.2 Å². The summed E-state index contributed by atoms with van der Waals surface area (Å²) in [6.45, 7) is 1.65. The van der Waals surface area contributed by atoms with Gasteiger partial charge in [-0.25, -0.2) is 4.98 Å². The Labute approximate surface area is 181 Å². The molecule has 160 valence electrons. The first-order valence-corrected chi connectivity index (χ1v) is 12.3. The van der Waals surface area contributed by atoms with Gasteiger partial charge in [0.2, 0.25) is 5.91 Å². The van der Waals surface area contributed by atoms with Crippen molar-refractivity contribution in [3.05, 3.63) is 18.2 Å². The van der Waals surface area contributed by atoms with Crippen LogP contribution in [0, 0.1) is 23.2 Å². The lowest BCUT2D eigenvalue weighted by molar-refractivity contribution is -0.159. The highest BCUT2D eigenvalue weighted by molar-refractivity contribution is 7.20. The largest absolute Gasteiger partial charge is 0.497 e. The summed E-state index contributed by atoms with van der Waals surface area (Å²) >= 11 is 1.59. The second-order valence-corrected chi connectivity index (χ2v) is 11.1. The standard InChI is InChI=1S/C24H30N2O3S/c1-28-19-2-3-21-20(11-19)25-23(30-21)29-18-4-6-26(7-5-18)22(27)24-12-15-8-16(13-24)10-17(9-15)14-24/h2-3,11,15-18H,4-10,12-14H2,1H3. The quantitative estimate of drug-likeness (QED) is 0.698. The Bertz CT molecular complexity index is 927. The molecule has 1 amide bonds. The number of amides is 1. The lowest BCUT2D eigenvalue weighted by atomic mass is 9.49. The molecule has 2 aromatic rings. The number of aromatic nitrogens is 1. The van der Waals surface area contributed by atoms with E-state index in [0.717, 1.165) is 84.1 Å². The van der Waals surface area contributed by atoms with Crippen LogP contribution >= 0.6 is 11.3 Å². The van der Waals surface area contributed by atoms with E-state index in [4.69, 9.17) is 9.47 Å². The van der Waals surface area contributed by atoms with E-state index >= 15 is 0 Å². The fourth-order valence-electron chi connectivity index (χ4n) is 7.09. The molecule has 2 heterocycles. The highest BCUT2D eigenvalue weighted by Crippen LogP contribution is 2.60. The van der Waals surface area contributed by atoms with Crippen LogP contribution in [0.15, 0.2) is 18.2 Å². The van der Waals surface area contributed by atoms with Gasteiger partial charge in [-0.1, -0.05) is 11.3 Å². The van der Waals surface area contributed by atoms with Crippen molar-refractivity contribution in [3.63, 3.8) is 0 Å². The summed E-state index contributed by atoms with van der Waals surface area (Å²) in [6.07, 6.45) is 9.57. The maximum atomic E-state index is 13.6. The normalized spacial score (nSPS) is 33.2. The zero-order valence-corrected chi connectivity index (χ0v) is 18.5. The minimum atomic E-state index is -0.0193. The van der Waals surface area contributed by atoms with Crippen LogP contribution in [0.5, 0.6) is 10.9 Å². The Kier molecular flexibility index (Phi) is 4.48. The first-order chi connectivity index (χ1) is 14.6. The fraction of sp³-hybridized carbons (Fsp3) is 0.667. The monoisotopic (exact) mass is 426 g/mol. The second kappa shape index (κ2) is 7.11. The van der Waals surface area contributed by atoms with E-state index in [1.165, 1.54) is 19.3 Å². The molecule has 0 unspecified atom stereocenters. The van der Waals surface area contributed by atoms with Crippen molar-refractivity contribution in [2.75, 3.05) is 20.2 Å². The number of carbonyl (C=O) groups excluding carboxylic acids is 1. The Morgan fingerprint density at radius 1 is 1.10 bits per heavy atom. The third-order valence-corrected chi connectivity index (χ3v) is 8.99. The van der Waals surface area contributed by atoms with E-state index in [1.54, 1.807) is 18.4 Å². The van der Waals surface area contributed by atoms with E-state index in [-0.39, 0.29) is 11.5 Å². The van der Waals surface area contributed by atoms with Gasteiger partial charge in [0.1, 0.15) is 11.9 Å². The smallest absolute Gasteiger partial charge is 0.274 e. The molecule has 0 N–H and O–H groups in total. The van der Waals surface area contributed by atoms with Crippen LogP contribution in [-0.2, 0) is 4.79 Å². The maximum absolute atomic E-state index is 13.6. The van der Waals surface area contributed by atoms with Gasteiger partial charge in [0.25, 0.3) is 5.19 Å². The van der Waals surface area contributed by atoms with Gasteiger partial charge in [-0.15, -0.1) is 0 Å². The van der Waals surface area contributed by atoms with E-state index in [9.17, 15) is 4.79 Å². The first-order valence-electron chi connectivity index (χ1n) is 11.5. The molecule has 1 saturated heterocycles. The highest BCUT2D eigenvalue weighted by Gasteiger charge is 2.55. The molecule has 0 radical (unpaired) electrons. The number of likely N-dealkylation sites (tertiary alicyclic amines) is 1. The number of methoxy groups -OCH3 is 1. The van der Waals surface area contributed by atoms with E-state index < -0.39 is 0 Å². The highest BCUT2D eigenvalue weighted by atomic mass is 32.1. The van der Waals surface area contributed by atoms with Crippen molar-refractivity contribution < 1.29 is 14.3 Å². The molecule has 0 spiro atoms. The summed E-state index contributed by atoms with van der Waals surface area (Å²) in [6, 6.07) is 5.94. The topological polar surface area (TPSA) is 51.7 Å². The molecule has 4 bridgehead atoms. The molecule has 5 fully saturated rings. The van der Waals surface area contributed by atoms with E-state index in [1.807, 2.05) is 18.2 Å². The third kappa shape index (κ3) is 3.19. The molecule has 4 aliphatic carbocycles. The molecule has 0 atom stereocenters. The van der Waals surface area contributed by atoms with Crippen molar-refractivity contribution in [1.29, 1.82) is 0 Å². The predicted molar refractivity (Wildman–Crippen MR) is 117 cm³/mol. The fourth-order valence-corrected chi connectivity index (χ4v) is 7.95. The van der Waals surface area contributed by atoms with Crippen LogP contribution in [0.1, 0.15) is 51.4 Å². The number of hydrogen-bond donors (Lipinski definition) is 0. The minimum absolute atomic E-state index is 0.0193. The molecule has 1 aromatic carbocycles. The molecular weight excluding hydrogens is 396 g/mol. The van der Waals surface area contributed by atoms with Crippen molar-refractivity contribution >= 4 is 27.5 Å². The SMILES string of the molecule is COc1ccc2sc(OC3CCN(C(=O)C45CC6CC(CC(C6)C4)C5)CC3)nc2c1. The lowest BCUT2D eigenvalue weighted by Gasteiger charge is -2.57. The number of benzene rings is 1. The molecule has 1 aliphatic heterocycles. The number of hydrogen-bond acceptors (Lipinski definition) is 5. The molecule has 4 saturated carbocycles. The van der Waals surface area contributed by atoms with Crippen LogP contribution in [0.4, 0.5) is 0 Å². The van der Waals surface area contributed by atoms with Crippen LogP contribution in [0.2, 0.25) is 0 Å². The Balaban J connectivity index is 1.09. The predicted octanol–water partition coefficient (Wildman–Crippen LogP) is 4.89. The van der Waals surface area contributed by atoms with Gasteiger partial charge < -0.3 is 14.4 Å². The number of ether oxygens (including phenoxy) is 2. The number of thiazole rings is 1. The van der Waals surface area contributed by atoms with Crippen molar-refractivity contribution in [3.8, 4) is 10.9 Å². The Morgan fingerprint density at radius 2 is 1.77 bits per heavy atom. The number of piperidine rings is 1. The summed E-state index contributed by atoms with van der Waals surface area (Å²) in [7, 11) is 1.67. The van der Waals surface area contributed by atoms with Crippen LogP contribution in [0.3, 0.4) is 0 Å². The summed E-state index contributed by atoms with van der Waals surface area (Å²) in [5.41, 5.74) is 0.901. The Morgan fingerprint density at radius 3 is 2.40 bits per heavy atom. The lowest BCUT2D eigenvalue weighted by Crippen LogP contribution is -2.56. The van der Waals surface area contributed by atoms with Crippen molar-refractivity contribution in [2.45, 2.75) is 57.5 Å². The average molecular weight is 427 g/mol. The molecule has 30 heavy (non-hydrogen) atoms. The number of nitrogens with zero attached hydrogens (tertiary/aromatic N) is 2. The average Bonchev–Trinajstić information content (AvgIpc) is 3.14. The van der Waals surface area contributed by atoms with Gasteiger partial charge in [0.05, 0.1) is 22.7 Å². The summed E-state index contributed by atoms with van der Waals surface area (Å²) in [5, 5.41) is 0.726. The first kappa shape index (κ1) is 18.9. The molecule has 1 aromatic heterocycles. The Hall–Kier alpha value is -1.82. The summed E-state index contributed by atoms with van der Waals surface area (Å²) < 4.78 is 12.6. The van der Waals surface area contributed by atoms with Gasteiger partial charge in [0, 0.05) is 32.0 Å². The number of rotatable bonds is 4. The van der Waals surface area contributed by atoms with Crippen LogP contribution in [0.25, 0.3) is 10.2 Å². The summed E-state index contributed by atoms with van der Waals surface area (Å²) in [4.78, 5) is 20.4. The van der Waals surface area contributed by atoms with Gasteiger partial charge >= 0.3 is 0 Å². The molecule has 5 nitrogen and oxygen atoms in total. The van der Waals surface area contributed by atoms with Gasteiger partial charge in [-0.2, -0.15) is 0 Å². The van der Waals surface area contributed by atoms with E-state index in [2.05, 4.69) is 9.88 Å². The van der Waals surface area contributed by atoms with Crippen molar-refractivity contribution in [1.82, 2.24) is 9.88 Å².